The number of hydrogen-bond acceptors (Lipinski definition) is 7. The van der Waals surface area contributed by atoms with Crippen LogP contribution in [0.2, 0.25) is 0 Å². The van der Waals surface area contributed by atoms with Crippen LogP contribution in [0.1, 0.15) is 16.1 Å². The molecule has 0 amide bonds. The molecule has 1 N–H and O–H groups in total. The van der Waals surface area contributed by atoms with Gasteiger partial charge in [-0.15, -0.1) is 0 Å². The van der Waals surface area contributed by atoms with Gasteiger partial charge in [0.15, 0.2) is 11.4 Å². The van der Waals surface area contributed by atoms with Crippen molar-refractivity contribution in [2.45, 2.75) is 6.54 Å². The summed E-state index contributed by atoms with van der Waals surface area (Å²) in [6.45, 7) is 0.214. The smallest absolute Gasteiger partial charge is 0.360 e. The minimum atomic E-state index is -0.795. The second-order valence-electron chi connectivity index (χ2n) is 8.32. The second-order valence-corrected chi connectivity index (χ2v) is 8.32. The summed E-state index contributed by atoms with van der Waals surface area (Å²) in [7, 11) is 2.79. The Morgan fingerprint density at radius 2 is 1.73 bits per heavy atom. The van der Waals surface area contributed by atoms with Crippen LogP contribution in [0.3, 0.4) is 0 Å². The zero-order valence-electron chi connectivity index (χ0n) is 20.2. The number of pyridine rings is 3. The highest BCUT2D eigenvalue weighted by Gasteiger charge is 2.25. The molecule has 5 aromatic rings. The third-order valence-electron chi connectivity index (χ3n) is 6.11. The van der Waals surface area contributed by atoms with E-state index in [4.69, 9.17) is 9.47 Å². The highest BCUT2D eigenvalue weighted by atomic mass is 16.5. The zero-order valence-corrected chi connectivity index (χ0v) is 20.2. The molecule has 0 bridgehead atoms. The summed E-state index contributed by atoms with van der Waals surface area (Å²) < 4.78 is 11.7. The molecule has 0 fully saturated rings. The first-order valence-electron chi connectivity index (χ1n) is 11.5. The maximum atomic E-state index is 14.0. The molecule has 3 aromatic heterocycles. The van der Waals surface area contributed by atoms with Crippen LogP contribution in [0.4, 0.5) is 0 Å². The first kappa shape index (κ1) is 23.7. The van der Waals surface area contributed by atoms with E-state index < -0.39 is 5.97 Å². The van der Waals surface area contributed by atoms with Crippen LogP contribution in [0.5, 0.6) is 11.5 Å². The number of esters is 1. The largest absolute Gasteiger partial charge is 0.505 e. The fraction of sp³-hybridized carbons (Fsp3) is 0.103. The van der Waals surface area contributed by atoms with E-state index in [1.165, 1.54) is 7.11 Å². The van der Waals surface area contributed by atoms with E-state index >= 15 is 0 Å². The lowest BCUT2D eigenvalue weighted by atomic mass is 10.0. The minimum Gasteiger partial charge on any atom is -0.505 e. The molecule has 0 spiro atoms. The van der Waals surface area contributed by atoms with E-state index in [0.717, 1.165) is 5.56 Å². The molecule has 8 heteroatoms. The van der Waals surface area contributed by atoms with E-state index in [1.54, 1.807) is 66.5 Å². The normalized spacial score (nSPS) is 10.9. The number of ether oxygens (including phenoxy) is 2. The number of rotatable bonds is 6. The maximum Gasteiger partial charge on any atom is 0.360 e. The lowest BCUT2D eigenvalue weighted by molar-refractivity contribution is 0.0591. The van der Waals surface area contributed by atoms with E-state index in [1.807, 2.05) is 30.3 Å². The van der Waals surface area contributed by atoms with Crippen molar-refractivity contribution in [3.63, 3.8) is 0 Å². The molecule has 0 radical (unpaired) electrons. The Labute approximate surface area is 212 Å². The van der Waals surface area contributed by atoms with Crippen molar-refractivity contribution >= 4 is 16.9 Å². The Hall–Kier alpha value is -4.98. The Morgan fingerprint density at radius 3 is 2.38 bits per heavy atom. The summed E-state index contributed by atoms with van der Waals surface area (Å²) >= 11 is 0. The number of aromatic nitrogens is 3. The van der Waals surface area contributed by atoms with Crippen LogP contribution >= 0.6 is 0 Å². The summed E-state index contributed by atoms with van der Waals surface area (Å²) in [6, 6.07) is 21.7. The summed E-state index contributed by atoms with van der Waals surface area (Å²) in [5, 5.41) is 11.5. The molecule has 0 saturated carbocycles. The van der Waals surface area contributed by atoms with Gasteiger partial charge in [-0.05, 0) is 41.5 Å². The van der Waals surface area contributed by atoms with Gasteiger partial charge in [0.05, 0.1) is 32.0 Å². The van der Waals surface area contributed by atoms with Crippen LogP contribution in [-0.2, 0) is 11.3 Å². The molecule has 5 rings (SSSR count). The summed E-state index contributed by atoms with van der Waals surface area (Å²) in [6.07, 6.45) is 3.21. The molecule has 37 heavy (non-hydrogen) atoms. The molecule has 184 valence electrons. The van der Waals surface area contributed by atoms with Crippen LogP contribution < -0.4 is 10.3 Å². The number of carbonyl (C=O) groups excluding carboxylic acids is 1. The van der Waals surface area contributed by atoms with Gasteiger partial charge >= 0.3 is 5.97 Å². The van der Waals surface area contributed by atoms with Crippen molar-refractivity contribution < 1.29 is 19.4 Å². The van der Waals surface area contributed by atoms with Crippen LogP contribution in [0.15, 0.2) is 90.0 Å². The van der Waals surface area contributed by atoms with Crippen LogP contribution in [0.25, 0.3) is 33.3 Å². The SMILES string of the molecule is COC(=O)c1nc(-c2cccnc2)c2c(cc(-c3ccc(OC)cc3)c(=O)n2Cc2ccccc2)c1O. The van der Waals surface area contributed by atoms with Gasteiger partial charge in [0, 0.05) is 28.9 Å². The van der Waals surface area contributed by atoms with Gasteiger partial charge in [0.25, 0.3) is 5.56 Å². The molecule has 2 aromatic carbocycles. The van der Waals surface area contributed by atoms with Gasteiger partial charge in [-0.3, -0.25) is 9.78 Å². The van der Waals surface area contributed by atoms with E-state index in [-0.39, 0.29) is 28.9 Å². The van der Waals surface area contributed by atoms with Crippen molar-refractivity contribution in [3.8, 4) is 33.9 Å². The van der Waals surface area contributed by atoms with Crippen molar-refractivity contribution in [1.29, 1.82) is 0 Å². The molecule has 0 saturated heterocycles. The first-order valence-corrected chi connectivity index (χ1v) is 11.5. The molecule has 3 heterocycles. The number of benzene rings is 2. The number of aromatic hydroxyl groups is 1. The van der Waals surface area contributed by atoms with Gasteiger partial charge in [-0.1, -0.05) is 42.5 Å². The quantitative estimate of drug-likeness (QED) is 0.343. The number of nitrogens with zero attached hydrogens (tertiary/aromatic N) is 3. The molecular formula is C29H23N3O5. The van der Waals surface area contributed by atoms with E-state index in [0.29, 0.717) is 33.7 Å². The third kappa shape index (κ3) is 4.40. The maximum absolute atomic E-state index is 14.0. The lowest BCUT2D eigenvalue weighted by Crippen LogP contribution is -2.24. The molecule has 0 aliphatic rings. The molecular weight excluding hydrogens is 470 g/mol. The molecule has 0 aliphatic carbocycles. The van der Waals surface area contributed by atoms with Crippen molar-refractivity contribution in [3.05, 3.63) is 107 Å². The highest BCUT2D eigenvalue weighted by Crippen LogP contribution is 2.36. The van der Waals surface area contributed by atoms with Crippen molar-refractivity contribution in [1.82, 2.24) is 14.5 Å². The topological polar surface area (TPSA) is 104 Å². The highest BCUT2D eigenvalue weighted by molar-refractivity contribution is 6.04. The third-order valence-corrected chi connectivity index (χ3v) is 6.11. The molecule has 8 nitrogen and oxygen atoms in total. The summed E-state index contributed by atoms with van der Waals surface area (Å²) in [4.78, 5) is 35.3. The van der Waals surface area contributed by atoms with Crippen molar-refractivity contribution in [2.24, 2.45) is 0 Å². The number of hydrogen-bond donors (Lipinski definition) is 1. The predicted octanol–water partition coefficient (Wildman–Crippen LogP) is 4.67. The minimum absolute atomic E-state index is 0.214. The number of methoxy groups -OCH3 is 2. The Kier molecular flexibility index (Phi) is 6.38. The monoisotopic (exact) mass is 493 g/mol. The van der Waals surface area contributed by atoms with Gasteiger partial charge in [-0.2, -0.15) is 0 Å². The van der Waals surface area contributed by atoms with Gasteiger partial charge < -0.3 is 19.1 Å². The summed E-state index contributed by atoms with van der Waals surface area (Å²) in [5.41, 5.74) is 2.62. The first-order chi connectivity index (χ1) is 18.0. The molecule has 0 unspecified atom stereocenters. The zero-order chi connectivity index (χ0) is 25.9. The second kappa shape index (κ2) is 9.94. The van der Waals surface area contributed by atoms with Crippen molar-refractivity contribution in [2.75, 3.05) is 14.2 Å². The van der Waals surface area contributed by atoms with Crippen LogP contribution in [-0.4, -0.2) is 39.8 Å². The van der Waals surface area contributed by atoms with Gasteiger partial charge in [-0.25, -0.2) is 9.78 Å². The number of fused-ring (bicyclic) bond motifs is 1. The summed E-state index contributed by atoms with van der Waals surface area (Å²) in [5.74, 6) is -0.518. The lowest BCUT2D eigenvalue weighted by Gasteiger charge is -2.18. The fourth-order valence-corrected chi connectivity index (χ4v) is 4.29. The Balaban J connectivity index is 1.91. The molecule has 0 aliphatic heterocycles. The van der Waals surface area contributed by atoms with E-state index in [2.05, 4.69) is 9.97 Å². The molecule has 0 atom stereocenters. The van der Waals surface area contributed by atoms with Gasteiger partial charge in [0.1, 0.15) is 5.75 Å². The van der Waals surface area contributed by atoms with Gasteiger partial charge in [0.2, 0.25) is 0 Å². The average Bonchev–Trinajstić information content (AvgIpc) is 2.95. The fourth-order valence-electron chi connectivity index (χ4n) is 4.29. The number of carbonyl (C=O) groups is 1. The predicted molar refractivity (Wildman–Crippen MR) is 140 cm³/mol. The average molecular weight is 494 g/mol. The van der Waals surface area contributed by atoms with E-state index in [9.17, 15) is 14.7 Å². The van der Waals surface area contributed by atoms with Crippen LogP contribution in [0, 0.1) is 0 Å². The Morgan fingerprint density at radius 1 is 0.973 bits per heavy atom. The Bertz CT molecular complexity index is 1650. The standard InChI is InChI=1S/C29H23N3O5/c1-36-21-12-10-19(11-13-21)22-15-23-26(32(28(22)34)17-18-7-4-3-5-8-18)24(20-9-6-14-30-16-20)31-25(27(23)33)29(35)37-2/h3-16,33H,17H2,1-2H3.